The maximum atomic E-state index is 4.19. The van der Waals surface area contributed by atoms with Crippen molar-refractivity contribution in [3.8, 4) is 11.3 Å². The molecule has 0 unspecified atom stereocenters. The van der Waals surface area contributed by atoms with E-state index in [0.717, 1.165) is 11.3 Å². The molecule has 0 atom stereocenters. The number of hydrogen-bond donors (Lipinski definition) is 0. The van der Waals surface area contributed by atoms with Gasteiger partial charge in [-0.2, -0.15) is 0 Å². The van der Waals surface area contributed by atoms with E-state index in [1.165, 1.54) is 0 Å². The zero-order valence-corrected chi connectivity index (χ0v) is 9.85. The zero-order valence-electron chi connectivity index (χ0n) is 9.85. The lowest BCUT2D eigenvalue weighted by molar-refractivity contribution is 1.21. The number of benzene rings is 1. The summed E-state index contributed by atoms with van der Waals surface area (Å²) in [5, 5.41) is 0. The van der Waals surface area contributed by atoms with Crippen LogP contribution in [0.25, 0.3) is 11.3 Å². The fraction of sp³-hybridized carbons (Fsp3) is 0. The highest BCUT2D eigenvalue weighted by atomic mass is 14.8. The molecule has 0 saturated heterocycles. The second-order valence-corrected chi connectivity index (χ2v) is 3.48. The molecule has 18 heavy (non-hydrogen) atoms. The summed E-state index contributed by atoms with van der Waals surface area (Å²) in [6, 6.07) is 15.7. The monoisotopic (exact) mass is 235 g/mol. The lowest BCUT2D eigenvalue weighted by atomic mass is 10.2. The summed E-state index contributed by atoms with van der Waals surface area (Å²) in [5.74, 6) is 0. The van der Waals surface area contributed by atoms with Gasteiger partial charge >= 0.3 is 0 Å². The van der Waals surface area contributed by atoms with Gasteiger partial charge in [0.25, 0.3) is 0 Å². The molecule has 0 saturated carbocycles. The first-order valence-electron chi connectivity index (χ1n) is 5.63. The van der Waals surface area contributed by atoms with E-state index in [1.54, 1.807) is 31.0 Å². The highest BCUT2D eigenvalue weighted by Gasteiger charge is 1.94. The summed E-state index contributed by atoms with van der Waals surface area (Å²) in [6.07, 6.45) is 8.63. The van der Waals surface area contributed by atoms with Crippen molar-refractivity contribution >= 4 is 0 Å². The maximum Gasteiger partial charge on any atom is 0.0885 e. The summed E-state index contributed by atoms with van der Waals surface area (Å²) in [6.45, 7) is 0. The van der Waals surface area contributed by atoms with Crippen LogP contribution in [0.3, 0.4) is 0 Å². The highest BCUT2D eigenvalue weighted by molar-refractivity contribution is 5.57. The van der Waals surface area contributed by atoms with Crippen molar-refractivity contribution in [2.75, 3.05) is 0 Å². The molecular formula is C15H13N3. The molecule has 0 fully saturated rings. The first-order valence-corrected chi connectivity index (χ1v) is 5.63. The third-order valence-electron chi connectivity index (χ3n) is 2.20. The van der Waals surface area contributed by atoms with Crippen LogP contribution in [0.5, 0.6) is 0 Å². The summed E-state index contributed by atoms with van der Waals surface area (Å²) in [5.41, 5.74) is 2.02. The molecule has 2 aromatic heterocycles. The zero-order chi connectivity index (χ0) is 12.5. The molecule has 1 aromatic carbocycles. The van der Waals surface area contributed by atoms with Crippen LogP contribution in [0, 0.1) is 0 Å². The summed E-state index contributed by atoms with van der Waals surface area (Å²) in [4.78, 5) is 12.0. The van der Waals surface area contributed by atoms with Crippen LogP contribution in [0.2, 0.25) is 0 Å². The van der Waals surface area contributed by atoms with Crippen LogP contribution in [-0.2, 0) is 0 Å². The molecule has 0 aliphatic rings. The number of aromatic nitrogens is 3. The molecule has 3 aromatic rings. The molecule has 0 aliphatic heterocycles. The standard InChI is InChI=1S/C10H8N2.C5H5N/c1-2-4-9(5-3-1)10-8-11-6-7-12-10;1-2-4-6-5-3-1/h1-8H;1-5H. The van der Waals surface area contributed by atoms with Gasteiger partial charge < -0.3 is 0 Å². The van der Waals surface area contributed by atoms with Gasteiger partial charge in [0.15, 0.2) is 0 Å². The molecule has 0 radical (unpaired) electrons. The number of nitrogens with zero attached hydrogens (tertiary/aromatic N) is 3. The average Bonchev–Trinajstić information content (AvgIpc) is 2.51. The van der Waals surface area contributed by atoms with Crippen molar-refractivity contribution in [1.29, 1.82) is 0 Å². The van der Waals surface area contributed by atoms with Crippen molar-refractivity contribution in [1.82, 2.24) is 15.0 Å². The Balaban J connectivity index is 0.000000169. The molecule has 0 N–H and O–H groups in total. The molecule has 3 rings (SSSR count). The van der Waals surface area contributed by atoms with E-state index in [2.05, 4.69) is 15.0 Å². The fourth-order valence-electron chi connectivity index (χ4n) is 1.37. The van der Waals surface area contributed by atoms with Crippen molar-refractivity contribution in [2.45, 2.75) is 0 Å². The minimum Gasteiger partial charge on any atom is -0.265 e. The van der Waals surface area contributed by atoms with Crippen molar-refractivity contribution in [3.05, 3.63) is 79.5 Å². The van der Waals surface area contributed by atoms with E-state index >= 15 is 0 Å². The Hall–Kier alpha value is -2.55. The summed E-state index contributed by atoms with van der Waals surface area (Å²) in [7, 11) is 0. The minimum absolute atomic E-state index is 0.915. The first kappa shape index (κ1) is 11.9. The highest BCUT2D eigenvalue weighted by Crippen LogP contribution is 2.13. The normalized spacial score (nSPS) is 9.11. The summed E-state index contributed by atoms with van der Waals surface area (Å²) < 4.78 is 0. The van der Waals surface area contributed by atoms with Crippen LogP contribution in [0.15, 0.2) is 79.5 Å². The molecule has 0 bridgehead atoms. The number of rotatable bonds is 1. The van der Waals surface area contributed by atoms with Gasteiger partial charge in [0.05, 0.1) is 11.9 Å². The number of hydrogen-bond acceptors (Lipinski definition) is 3. The van der Waals surface area contributed by atoms with Crippen LogP contribution < -0.4 is 0 Å². The van der Waals surface area contributed by atoms with Crippen LogP contribution in [0.4, 0.5) is 0 Å². The van der Waals surface area contributed by atoms with Gasteiger partial charge in [0.2, 0.25) is 0 Å². The van der Waals surface area contributed by atoms with E-state index in [4.69, 9.17) is 0 Å². The van der Waals surface area contributed by atoms with Crippen LogP contribution >= 0.6 is 0 Å². The Bertz CT molecular complexity index is 474. The first-order chi connectivity index (χ1) is 8.97. The van der Waals surface area contributed by atoms with E-state index in [-0.39, 0.29) is 0 Å². The Kier molecular flexibility index (Phi) is 4.58. The minimum atomic E-state index is 0.915. The van der Waals surface area contributed by atoms with Crippen molar-refractivity contribution < 1.29 is 0 Å². The number of pyridine rings is 1. The molecule has 3 nitrogen and oxygen atoms in total. The Morgan fingerprint density at radius 3 is 1.83 bits per heavy atom. The van der Waals surface area contributed by atoms with E-state index in [9.17, 15) is 0 Å². The molecule has 2 heterocycles. The van der Waals surface area contributed by atoms with Crippen LogP contribution in [0.1, 0.15) is 0 Å². The largest absolute Gasteiger partial charge is 0.265 e. The third-order valence-corrected chi connectivity index (χ3v) is 2.20. The molecule has 0 amide bonds. The topological polar surface area (TPSA) is 38.7 Å². The van der Waals surface area contributed by atoms with Gasteiger partial charge in [-0.3, -0.25) is 15.0 Å². The predicted molar refractivity (Wildman–Crippen MR) is 71.7 cm³/mol. The maximum absolute atomic E-state index is 4.19. The summed E-state index contributed by atoms with van der Waals surface area (Å²) >= 11 is 0. The van der Waals surface area contributed by atoms with E-state index < -0.39 is 0 Å². The Labute approximate surface area is 106 Å². The predicted octanol–water partition coefficient (Wildman–Crippen LogP) is 3.23. The molecule has 0 spiro atoms. The van der Waals surface area contributed by atoms with Crippen LogP contribution in [-0.4, -0.2) is 15.0 Å². The Morgan fingerprint density at radius 2 is 1.33 bits per heavy atom. The van der Waals surface area contributed by atoms with Gasteiger partial charge in [-0.1, -0.05) is 36.4 Å². The lowest BCUT2D eigenvalue weighted by Crippen LogP contribution is -1.82. The molecular weight excluding hydrogens is 222 g/mol. The van der Waals surface area contributed by atoms with Gasteiger partial charge in [-0.15, -0.1) is 0 Å². The molecule has 88 valence electrons. The fourth-order valence-corrected chi connectivity index (χ4v) is 1.37. The van der Waals surface area contributed by atoms with E-state index in [1.807, 2.05) is 48.5 Å². The van der Waals surface area contributed by atoms with Gasteiger partial charge in [0, 0.05) is 30.4 Å². The van der Waals surface area contributed by atoms with Crippen molar-refractivity contribution in [3.63, 3.8) is 0 Å². The van der Waals surface area contributed by atoms with Gasteiger partial charge in [0.1, 0.15) is 0 Å². The van der Waals surface area contributed by atoms with E-state index in [0.29, 0.717) is 0 Å². The van der Waals surface area contributed by atoms with Gasteiger partial charge in [-0.25, -0.2) is 0 Å². The SMILES string of the molecule is c1ccc(-c2cnccn2)cc1.c1ccncc1. The molecule has 3 heteroatoms. The second-order valence-electron chi connectivity index (χ2n) is 3.48. The van der Waals surface area contributed by atoms with Crippen molar-refractivity contribution in [2.24, 2.45) is 0 Å². The smallest absolute Gasteiger partial charge is 0.0885 e. The lowest BCUT2D eigenvalue weighted by Gasteiger charge is -1.96. The Morgan fingerprint density at radius 1 is 0.611 bits per heavy atom. The quantitative estimate of drug-likeness (QED) is 0.650. The second kappa shape index (κ2) is 6.91. The van der Waals surface area contributed by atoms with Gasteiger partial charge in [-0.05, 0) is 12.1 Å². The molecule has 0 aliphatic carbocycles. The average molecular weight is 235 g/mol. The third kappa shape index (κ3) is 3.79.